The van der Waals surface area contributed by atoms with Crippen molar-refractivity contribution in [2.75, 3.05) is 31.7 Å². The fourth-order valence-corrected chi connectivity index (χ4v) is 21.0. The van der Waals surface area contributed by atoms with Crippen LogP contribution in [0, 0.1) is 57.7 Å². The number of aromatic hydroxyl groups is 3. The van der Waals surface area contributed by atoms with Gasteiger partial charge in [-0.05, 0) is 219 Å². The van der Waals surface area contributed by atoms with E-state index >= 15 is 4.79 Å². The molecule has 3 spiro atoms. The molecule has 7 aliphatic carbocycles. The van der Waals surface area contributed by atoms with Gasteiger partial charge < -0.3 is 59.5 Å². The minimum atomic E-state index is -0.837. The van der Waals surface area contributed by atoms with Gasteiger partial charge in [-0.15, -0.1) is 0 Å². The summed E-state index contributed by atoms with van der Waals surface area (Å²) < 4.78 is 21.7. The van der Waals surface area contributed by atoms with Crippen LogP contribution in [0.3, 0.4) is 0 Å². The minimum absolute atomic E-state index is 0.0152. The van der Waals surface area contributed by atoms with E-state index in [0.29, 0.717) is 75.3 Å². The SMILES string of the molecule is COc1cc2cc(O)c1Oc1cc(O)cc3c1CCC(C3)C(CO)CC1CCC3(CCC4(Cc5c6c(ccc7c6cn5C2CC(=O)CC(OC(C)=O)CCC25Cc6c[nH]cc6C(C#CCC2=CC=CC5C)C(c2cccc(O)c2)C2=CCNC(=C2)N7CCC(=O)C2CCCC2)C4O)C3)C1. The number of carbonyl (C=O) groups excluding carboxylic acids is 3. The topological polar surface area (TPSA) is 216 Å². The van der Waals surface area contributed by atoms with Gasteiger partial charge in [-0.25, -0.2) is 0 Å². The number of methoxy groups -OCH3 is 1. The molecule has 8 heterocycles. The highest BCUT2D eigenvalue weighted by Crippen LogP contribution is 2.67. The third kappa shape index (κ3) is 11.8. The number of rotatable bonds is 8. The molecule has 0 radical (unpaired) electrons. The van der Waals surface area contributed by atoms with Crippen LogP contribution in [-0.2, 0) is 44.8 Å². The molecule has 99 heavy (non-hydrogen) atoms. The molecule has 3 saturated carbocycles. The lowest BCUT2D eigenvalue weighted by Gasteiger charge is -2.43. The maximum atomic E-state index is 16.0. The number of H-pyrrole nitrogens is 1. The molecule has 6 aliphatic heterocycles. The maximum absolute atomic E-state index is 16.0. The van der Waals surface area contributed by atoms with Gasteiger partial charge in [0.15, 0.2) is 11.5 Å². The summed E-state index contributed by atoms with van der Waals surface area (Å²) in [7, 11) is 1.53. The number of aromatic nitrogens is 2. The number of Topliss-reactive ketones (excluding diaryl/α,β-unsaturated/α-hetero) is 2. The summed E-state index contributed by atoms with van der Waals surface area (Å²) in [5.74, 6) is 8.56. The van der Waals surface area contributed by atoms with E-state index in [4.69, 9.17) is 14.2 Å². The number of allylic oxidation sites excluding steroid dienone is 6. The second-order valence-corrected chi connectivity index (χ2v) is 31.5. The van der Waals surface area contributed by atoms with Crippen molar-refractivity contribution in [1.29, 1.82) is 0 Å². The van der Waals surface area contributed by atoms with Gasteiger partial charge in [0.2, 0.25) is 5.75 Å². The predicted octanol–water partition coefficient (Wildman–Crippen LogP) is 15.2. The van der Waals surface area contributed by atoms with Gasteiger partial charge in [0.1, 0.15) is 40.7 Å². The zero-order valence-corrected chi connectivity index (χ0v) is 57.4. The number of fused-ring (bicyclic) bond motifs is 1. The Balaban J connectivity index is 0.926. The summed E-state index contributed by atoms with van der Waals surface area (Å²) in [5, 5.41) is 66.0. The number of dihydropyridines is 1. The summed E-state index contributed by atoms with van der Waals surface area (Å²) in [6, 6.07) is 17.9. The van der Waals surface area contributed by atoms with Gasteiger partial charge in [0.05, 0.1) is 30.9 Å². The number of phenolic OH excluding ortho intramolecular Hbond substituents is 3. The number of hydrogen-bond acceptors (Lipinski definition) is 13. The quantitative estimate of drug-likeness (QED) is 0.0558. The van der Waals surface area contributed by atoms with Crippen LogP contribution in [0.4, 0.5) is 5.69 Å². The summed E-state index contributed by atoms with van der Waals surface area (Å²) in [6.45, 7) is 4.53. The van der Waals surface area contributed by atoms with Crippen molar-refractivity contribution in [1.82, 2.24) is 14.9 Å². The summed E-state index contributed by atoms with van der Waals surface area (Å²) in [6.07, 6.45) is 31.0. The molecule has 19 rings (SSSR count). The van der Waals surface area contributed by atoms with Gasteiger partial charge in [-0.3, -0.25) is 14.4 Å². The maximum Gasteiger partial charge on any atom is 0.302 e. The van der Waals surface area contributed by atoms with Crippen molar-refractivity contribution in [2.24, 2.45) is 45.8 Å². The van der Waals surface area contributed by atoms with Crippen molar-refractivity contribution in [3.63, 3.8) is 0 Å². The average Bonchev–Trinajstić information content (AvgIpc) is 1.55. The number of benzene rings is 4. The average molecular weight is 1340 g/mol. The Kier molecular flexibility index (Phi) is 17.1. The van der Waals surface area contributed by atoms with Crippen LogP contribution in [0.5, 0.6) is 34.5 Å². The molecule has 0 saturated heterocycles. The highest BCUT2D eigenvalue weighted by atomic mass is 16.5. The fraction of sp³-hybridized carbons (Fsp3) is 0.488. The van der Waals surface area contributed by atoms with E-state index in [9.17, 15) is 35.1 Å². The van der Waals surface area contributed by atoms with Gasteiger partial charge in [0, 0.05) is 116 Å². The number of ether oxygens (including phenoxy) is 3. The lowest BCUT2D eigenvalue weighted by Crippen LogP contribution is -2.37. The van der Waals surface area contributed by atoms with Crippen LogP contribution in [0.1, 0.15) is 198 Å². The molecular weight excluding hydrogens is 1240 g/mol. The van der Waals surface area contributed by atoms with Crippen LogP contribution in [0.2, 0.25) is 0 Å². The lowest BCUT2D eigenvalue weighted by atomic mass is 9.61. The number of aliphatic hydroxyl groups is 2. The Labute approximate surface area is 580 Å². The normalized spacial score (nSPS) is 30.2. The molecule has 516 valence electrons. The number of aliphatic hydroxyl groups excluding tert-OH is 2. The van der Waals surface area contributed by atoms with Crippen molar-refractivity contribution >= 4 is 34.0 Å². The van der Waals surface area contributed by atoms with E-state index in [1.54, 1.807) is 18.2 Å². The highest BCUT2D eigenvalue weighted by molar-refractivity contribution is 6.01. The van der Waals surface area contributed by atoms with Crippen molar-refractivity contribution < 1.29 is 54.1 Å². The first-order valence-electron chi connectivity index (χ1n) is 36.8. The molecular formula is C84H94N4O11. The largest absolute Gasteiger partial charge is 0.508 e. The Hall–Kier alpha value is -8.45. The van der Waals surface area contributed by atoms with Crippen LogP contribution in [-0.4, -0.2) is 85.5 Å². The van der Waals surface area contributed by atoms with E-state index in [2.05, 4.69) is 106 Å². The van der Waals surface area contributed by atoms with Crippen molar-refractivity contribution in [2.45, 2.75) is 185 Å². The second kappa shape index (κ2) is 25.9. The first-order valence-corrected chi connectivity index (χ1v) is 36.8. The highest BCUT2D eigenvalue weighted by Gasteiger charge is 2.57. The van der Waals surface area contributed by atoms with Crippen LogP contribution >= 0.6 is 0 Å². The number of esters is 1. The Bertz CT molecular complexity index is 4420. The number of nitrogens with one attached hydrogen (secondary N) is 2. The third-order valence-corrected chi connectivity index (χ3v) is 25.9. The van der Waals surface area contributed by atoms with E-state index in [0.717, 1.165) is 144 Å². The summed E-state index contributed by atoms with van der Waals surface area (Å²) in [4.78, 5) is 50.0. The van der Waals surface area contributed by atoms with E-state index in [-0.39, 0.29) is 107 Å². The van der Waals surface area contributed by atoms with Crippen LogP contribution in [0.25, 0.3) is 10.8 Å². The predicted molar refractivity (Wildman–Crippen MR) is 380 cm³/mol. The molecule has 6 aromatic rings. The molecule has 0 amide bonds. The minimum Gasteiger partial charge on any atom is -0.508 e. The second-order valence-electron chi connectivity index (χ2n) is 31.5. The Morgan fingerprint density at radius 1 is 0.889 bits per heavy atom. The molecule has 15 heteroatoms. The molecule has 7 N–H and O–H groups in total. The Morgan fingerprint density at radius 3 is 2.59 bits per heavy atom. The number of carbonyl (C=O) groups is 3. The van der Waals surface area contributed by atoms with Gasteiger partial charge in [0.25, 0.3) is 0 Å². The number of aromatic amines is 1. The first-order chi connectivity index (χ1) is 48.0. The molecule has 15 nitrogen and oxygen atoms in total. The van der Waals surface area contributed by atoms with Crippen LogP contribution in [0.15, 0.2) is 127 Å². The number of anilines is 1. The van der Waals surface area contributed by atoms with E-state index < -0.39 is 35.0 Å². The third-order valence-electron chi connectivity index (χ3n) is 25.9. The van der Waals surface area contributed by atoms with Gasteiger partial charge in [-0.2, -0.15) is 0 Å². The van der Waals surface area contributed by atoms with Crippen LogP contribution < -0.4 is 19.7 Å². The number of ketones is 2. The van der Waals surface area contributed by atoms with Crippen molar-refractivity contribution in [3.8, 4) is 46.3 Å². The number of nitrogens with zero attached hydrogens (tertiary/aromatic N) is 2. The lowest BCUT2D eigenvalue weighted by molar-refractivity contribution is -0.148. The van der Waals surface area contributed by atoms with Gasteiger partial charge in [-0.1, -0.05) is 79.7 Å². The van der Waals surface area contributed by atoms with E-state index in [1.807, 2.05) is 24.3 Å². The van der Waals surface area contributed by atoms with E-state index in [1.165, 1.54) is 19.6 Å². The molecule has 12 atom stereocenters. The molecule has 16 bridgehead atoms. The molecule has 12 unspecified atom stereocenters. The molecule has 2 aromatic heterocycles. The smallest absolute Gasteiger partial charge is 0.302 e. The van der Waals surface area contributed by atoms with Gasteiger partial charge >= 0.3 is 5.97 Å². The standard InChI is InChI=1S/C84H94N4O11/c1-49-9-6-13-60-14-8-16-66-68-45-85-44-59(68)42-84(49,60)26-22-64(98-50(2)90)38-63(93)39-71-57-35-74(95)80(76(36-57)97-3)99-75-40-62(92)34-56-32-53(17-18-65(56)75)58(47-89)31-51-21-25-82(41-51)27-28-83(48-82)43-72-79-67(81(83)96)19-20-70(69(79)46-88(71)72)87(30-24-73(94)52-10-4-5-11-52)77-37-55(23-29-86-77)78(66)54-12-7-15-61(91)33-54/h6-7,9,12-13,15,19-20,23,33-37,40,44-46,49,51-53,58,64,66,71,78,81,85-86,89,91-92,95-96H,4-5,10-11,14,17-18,21-22,24-32,38-39,41-43,47-48H2,1-3H3. The zero-order valence-electron chi connectivity index (χ0n) is 57.4. The summed E-state index contributed by atoms with van der Waals surface area (Å²) in [5.41, 5.74) is 9.21. The fourth-order valence-electron chi connectivity index (χ4n) is 21.0. The first kappa shape index (κ1) is 65.2. The summed E-state index contributed by atoms with van der Waals surface area (Å²) >= 11 is 0. The zero-order chi connectivity index (χ0) is 68.1. The Morgan fingerprint density at radius 2 is 1.76 bits per heavy atom. The van der Waals surface area contributed by atoms with Crippen molar-refractivity contribution in [3.05, 3.63) is 171 Å². The molecule has 3 fully saturated rings. The molecule has 13 aliphatic rings. The molecule has 4 aromatic carbocycles. The number of hydrogen-bond donors (Lipinski definition) is 7. The number of phenols is 3. The monoisotopic (exact) mass is 1330 g/mol.